The fourth-order valence-electron chi connectivity index (χ4n) is 3.73. The monoisotopic (exact) mass is 431 g/mol. The number of ether oxygens (including phenoxy) is 1. The Balaban J connectivity index is 1.52. The molecule has 4 rings (SSSR count). The molecule has 32 heavy (non-hydrogen) atoms. The predicted octanol–water partition coefficient (Wildman–Crippen LogP) is 2.39. The molecule has 164 valence electrons. The van der Waals surface area contributed by atoms with Gasteiger partial charge in [0.1, 0.15) is 17.4 Å². The van der Waals surface area contributed by atoms with Crippen molar-refractivity contribution in [3.63, 3.8) is 0 Å². The van der Waals surface area contributed by atoms with Crippen molar-refractivity contribution in [2.45, 2.75) is 19.5 Å². The fourth-order valence-corrected chi connectivity index (χ4v) is 3.73. The second-order valence-electron chi connectivity index (χ2n) is 7.73. The van der Waals surface area contributed by atoms with Crippen LogP contribution >= 0.6 is 0 Å². The number of aryl methyl sites for hydroxylation is 1. The number of carbonyl (C=O) groups excluding carboxylic acids is 2. The number of primary amides is 1. The molecule has 1 aliphatic rings. The molecule has 3 aromatic rings. The maximum Gasteiger partial charge on any atom is 0.260 e. The zero-order valence-electron chi connectivity index (χ0n) is 17.8. The van der Waals surface area contributed by atoms with Crippen molar-refractivity contribution in [3.8, 4) is 11.6 Å². The van der Waals surface area contributed by atoms with Gasteiger partial charge in [0.2, 0.25) is 11.8 Å². The summed E-state index contributed by atoms with van der Waals surface area (Å²) < 4.78 is 5.82. The zero-order chi connectivity index (χ0) is 22.5. The van der Waals surface area contributed by atoms with Crippen LogP contribution in [0.4, 0.5) is 0 Å². The number of amides is 2. The highest BCUT2D eigenvalue weighted by Gasteiger charge is 2.35. The Morgan fingerprint density at radius 1 is 1.06 bits per heavy atom. The molecular formula is C24H25N5O3. The Bertz CT molecular complexity index is 1090. The van der Waals surface area contributed by atoms with Crippen LogP contribution in [0, 0.1) is 6.92 Å². The molecule has 1 atom stereocenters. The van der Waals surface area contributed by atoms with Crippen molar-refractivity contribution in [1.82, 2.24) is 19.8 Å². The van der Waals surface area contributed by atoms with Crippen molar-refractivity contribution in [2.24, 2.45) is 5.73 Å². The van der Waals surface area contributed by atoms with E-state index in [4.69, 9.17) is 10.5 Å². The summed E-state index contributed by atoms with van der Waals surface area (Å²) in [5, 5.41) is 0. The molecule has 1 aliphatic heterocycles. The zero-order valence-corrected chi connectivity index (χ0v) is 17.8. The summed E-state index contributed by atoms with van der Waals surface area (Å²) in [6.45, 7) is 3.94. The lowest BCUT2D eigenvalue weighted by molar-refractivity contribution is -0.124. The summed E-state index contributed by atoms with van der Waals surface area (Å²) >= 11 is 0. The van der Waals surface area contributed by atoms with E-state index in [2.05, 4.69) is 14.9 Å². The van der Waals surface area contributed by atoms with Crippen molar-refractivity contribution in [3.05, 3.63) is 83.8 Å². The topological polar surface area (TPSA) is 102 Å². The number of aromatic nitrogens is 2. The van der Waals surface area contributed by atoms with Crippen molar-refractivity contribution in [2.75, 3.05) is 19.6 Å². The normalized spacial score (nSPS) is 16.5. The fraction of sp³-hybridized carbons (Fsp3) is 0.250. The summed E-state index contributed by atoms with van der Waals surface area (Å²) in [6.07, 6.45) is 3.13. The van der Waals surface area contributed by atoms with E-state index in [0.29, 0.717) is 31.9 Å². The summed E-state index contributed by atoms with van der Waals surface area (Å²) in [5.41, 5.74) is 7.96. The first-order chi connectivity index (χ1) is 15.5. The van der Waals surface area contributed by atoms with Crippen LogP contribution < -0.4 is 10.5 Å². The van der Waals surface area contributed by atoms with Gasteiger partial charge in [0.25, 0.3) is 5.91 Å². The molecule has 0 aliphatic carbocycles. The number of hydrogen-bond donors (Lipinski definition) is 1. The number of benzene rings is 1. The molecule has 1 fully saturated rings. The van der Waals surface area contributed by atoms with Gasteiger partial charge in [-0.3, -0.25) is 19.5 Å². The predicted molar refractivity (Wildman–Crippen MR) is 119 cm³/mol. The molecule has 8 heteroatoms. The van der Waals surface area contributed by atoms with Gasteiger partial charge in [-0.05, 0) is 36.8 Å². The van der Waals surface area contributed by atoms with Crippen LogP contribution in [-0.2, 0) is 11.3 Å². The first kappa shape index (κ1) is 21.5. The van der Waals surface area contributed by atoms with Gasteiger partial charge in [0.05, 0.1) is 6.20 Å². The third-order valence-electron chi connectivity index (χ3n) is 5.40. The Labute approximate surface area is 186 Å². The molecule has 2 amide bonds. The van der Waals surface area contributed by atoms with Crippen LogP contribution in [0.2, 0.25) is 0 Å². The molecule has 0 unspecified atom stereocenters. The van der Waals surface area contributed by atoms with Gasteiger partial charge in [0.15, 0.2) is 0 Å². The second kappa shape index (κ2) is 9.57. The summed E-state index contributed by atoms with van der Waals surface area (Å²) in [6, 6.07) is 16.1. The molecule has 3 heterocycles. The number of carbonyl (C=O) groups is 2. The number of hydrogen-bond acceptors (Lipinski definition) is 6. The van der Waals surface area contributed by atoms with Crippen LogP contribution in [0.1, 0.15) is 21.6 Å². The molecule has 0 saturated carbocycles. The highest BCUT2D eigenvalue weighted by Crippen LogP contribution is 2.25. The van der Waals surface area contributed by atoms with E-state index in [0.717, 1.165) is 11.3 Å². The molecule has 1 aromatic carbocycles. The van der Waals surface area contributed by atoms with Gasteiger partial charge in [-0.15, -0.1) is 0 Å². The summed E-state index contributed by atoms with van der Waals surface area (Å²) in [5.74, 6) is -0.234. The van der Waals surface area contributed by atoms with E-state index in [1.807, 2.05) is 43.3 Å². The van der Waals surface area contributed by atoms with Crippen LogP contribution in [-0.4, -0.2) is 57.3 Å². The standard InChI is InChI=1S/C24H25N5O3/c1-17-9-10-19(14-27-17)32-23-20(8-5-11-26-23)24(31)29-13-12-28(16-21(29)22(25)30)15-18-6-3-2-4-7-18/h2-11,14,21H,12-13,15-16H2,1H3,(H2,25,30)/t21-/m1/s1. The number of piperazine rings is 1. The lowest BCUT2D eigenvalue weighted by atomic mass is 10.1. The van der Waals surface area contributed by atoms with E-state index < -0.39 is 11.9 Å². The molecule has 2 aromatic heterocycles. The smallest absolute Gasteiger partial charge is 0.260 e. The molecule has 0 bridgehead atoms. The average molecular weight is 431 g/mol. The van der Waals surface area contributed by atoms with Gasteiger partial charge < -0.3 is 15.4 Å². The van der Waals surface area contributed by atoms with Crippen molar-refractivity contribution >= 4 is 11.8 Å². The Morgan fingerprint density at radius 3 is 2.59 bits per heavy atom. The van der Waals surface area contributed by atoms with Crippen LogP contribution in [0.15, 0.2) is 67.0 Å². The molecule has 2 N–H and O–H groups in total. The highest BCUT2D eigenvalue weighted by atomic mass is 16.5. The third-order valence-corrected chi connectivity index (χ3v) is 5.40. The molecule has 0 spiro atoms. The van der Waals surface area contributed by atoms with Gasteiger partial charge in [-0.1, -0.05) is 30.3 Å². The molecule has 0 radical (unpaired) electrons. The van der Waals surface area contributed by atoms with E-state index in [9.17, 15) is 9.59 Å². The SMILES string of the molecule is Cc1ccc(Oc2ncccc2C(=O)N2CCN(Cc3ccccc3)C[C@@H]2C(N)=O)cn1. The quantitative estimate of drug-likeness (QED) is 0.643. The second-order valence-corrected chi connectivity index (χ2v) is 7.73. The third kappa shape index (κ3) is 4.92. The minimum absolute atomic E-state index is 0.165. The first-order valence-corrected chi connectivity index (χ1v) is 10.4. The van der Waals surface area contributed by atoms with Gasteiger partial charge >= 0.3 is 0 Å². The first-order valence-electron chi connectivity index (χ1n) is 10.4. The van der Waals surface area contributed by atoms with Crippen LogP contribution in [0.25, 0.3) is 0 Å². The van der Waals surface area contributed by atoms with E-state index in [1.165, 1.54) is 4.90 Å². The molecule has 8 nitrogen and oxygen atoms in total. The lowest BCUT2D eigenvalue weighted by Gasteiger charge is -2.40. The average Bonchev–Trinajstić information content (AvgIpc) is 2.81. The maximum atomic E-state index is 13.4. The Kier molecular flexibility index (Phi) is 6.42. The van der Waals surface area contributed by atoms with Gasteiger partial charge in [0, 0.05) is 38.1 Å². The number of pyridine rings is 2. The van der Waals surface area contributed by atoms with E-state index in [-0.39, 0.29) is 17.4 Å². The Morgan fingerprint density at radius 2 is 1.88 bits per heavy atom. The Hall–Kier alpha value is -3.78. The van der Waals surface area contributed by atoms with E-state index >= 15 is 0 Å². The summed E-state index contributed by atoms with van der Waals surface area (Å²) in [4.78, 5) is 37.7. The van der Waals surface area contributed by atoms with Gasteiger partial charge in [-0.2, -0.15) is 0 Å². The highest BCUT2D eigenvalue weighted by molar-refractivity contribution is 5.99. The minimum Gasteiger partial charge on any atom is -0.437 e. The van der Waals surface area contributed by atoms with Crippen LogP contribution in [0.5, 0.6) is 11.6 Å². The molecular weight excluding hydrogens is 406 g/mol. The van der Waals surface area contributed by atoms with Crippen LogP contribution in [0.3, 0.4) is 0 Å². The maximum absolute atomic E-state index is 13.4. The number of nitrogens with zero attached hydrogens (tertiary/aromatic N) is 4. The van der Waals surface area contributed by atoms with Crippen molar-refractivity contribution in [1.29, 1.82) is 0 Å². The minimum atomic E-state index is -0.742. The summed E-state index contributed by atoms with van der Waals surface area (Å²) in [7, 11) is 0. The molecule has 1 saturated heterocycles. The number of rotatable bonds is 6. The van der Waals surface area contributed by atoms with Gasteiger partial charge in [-0.25, -0.2) is 4.98 Å². The van der Waals surface area contributed by atoms with E-state index in [1.54, 1.807) is 30.6 Å². The lowest BCUT2D eigenvalue weighted by Crippen LogP contribution is -2.59. The van der Waals surface area contributed by atoms with Crippen molar-refractivity contribution < 1.29 is 14.3 Å². The largest absolute Gasteiger partial charge is 0.437 e. The number of nitrogens with two attached hydrogens (primary N) is 1.